The fourth-order valence-corrected chi connectivity index (χ4v) is 2.79. The molecule has 3 heteroatoms. The monoisotopic (exact) mass is 311 g/mol. The Balaban J connectivity index is 1.80. The van der Waals surface area contributed by atoms with Gasteiger partial charge in [0.2, 0.25) is 0 Å². The van der Waals surface area contributed by atoms with Gasteiger partial charge in [-0.15, -0.1) is 0 Å². The molecule has 0 aliphatic heterocycles. The predicted octanol–water partition coefficient (Wildman–Crippen LogP) is 4.66. The van der Waals surface area contributed by atoms with E-state index in [-0.39, 0.29) is 0 Å². The second kappa shape index (κ2) is 6.50. The number of hydrogen-bond acceptors (Lipinski definition) is 2. The van der Waals surface area contributed by atoms with Crippen molar-refractivity contribution in [1.82, 2.24) is 14.5 Å². The van der Waals surface area contributed by atoms with E-state index in [2.05, 4.69) is 52.1 Å². The molecule has 0 amide bonds. The van der Waals surface area contributed by atoms with Crippen molar-refractivity contribution in [2.45, 2.75) is 6.54 Å². The Labute approximate surface area is 141 Å². The number of nitrogens with zero attached hydrogens (tertiary/aromatic N) is 3. The summed E-state index contributed by atoms with van der Waals surface area (Å²) in [5.41, 5.74) is 4.34. The van der Waals surface area contributed by atoms with E-state index >= 15 is 0 Å². The summed E-state index contributed by atoms with van der Waals surface area (Å²) in [6, 6.07) is 24.7. The minimum atomic E-state index is 0.790. The third-order valence-corrected chi connectivity index (χ3v) is 3.96. The fourth-order valence-electron chi connectivity index (χ4n) is 2.79. The quantitative estimate of drug-likeness (QED) is 0.549. The van der Waals surface area contributed by atoms with Gasteiger partial charge in [0.15, 0.2) is 0 Å². The number of hydrogen-bond donors (Lipinski definition) is 0. The Bertz CT molecular complexity index is 913. The van der Waals surface area contributed by atoms with Gasteiger partial charge < -0.3 is 4.57 Å². The van der Waals surface area contributed by atoms with Gasteiger partial charge in [0.05, 0.1) is 5.69 Å². The van der Waals surface area contributed by atoms with E-state index in [1.165, 1.54) is 5.56 Å². The molecule has 0 saturated heterocycles. The highest BCUT2D eigenvalue weighted by atomic mass is 15.1. The van der Waals surface area contributed by atoms with E-state index in [4.69, 9.17) is 4.98 Å². The number of imidazole rings is 1. The molecule has 0 aliphatic rings. The maximum absolute atomic E-state index is 4.87. The highest BCUT2D eigenvalue weighted by Gasteiger charge is 2.12. The molecule has 0 fully saturated rings. The molecule has 0 bridgehead atoms. The molecule has 116 valence electrons. The first-order valence-corrected chi connectivity index (χ1v) is 7.97. The van der Waals surface area contributed by atoms with E-state index in [1.807, 2.05) is 42.6 Å². The zero-order valence-corrected chi connectivity index (χ0v) is 13.2. The molecule has 0 unspecified atom stereocenters. The lowest BCUT2D eigenvalue weighted by Gasteiger charge is -2.07. The number of benzene rings is 2. The van der Waals surface area contributed by atoms with Crippen molar-refractivity contribution in [3.8, 4) is 22.6 Å². The van der Waals surface area contributed by atoms with Gasteiger partial charge in [-0.05, 0) is 17.7 Å². The van der Waals surface area contributed by atoms with Gasteiger partial charge >= 0.3 is 0 Å². The minimum absolute atomic E-state index is 0.790. The van der Waals surface area contributed by atoms with Crippen molar-refractivity contribution < 1.29 is 0 Å². The van der Waals surface area contributed by atoms with Crippen LogP contribution in [0.5, 0.6) is 0 Å². The standard InChI is InChI=1S/C21H17N3/c1-3-8-17(9-4-1)15-24-16-20(19-12-7-13-22-14-19)23-21(24)18-10-5-2-6-11-18/h1-14,16H,15H2. The summed E-state index contributed by atoms with van der Waals surface area (Å²) in [7, 11) is 0. The van der Waals surface area contributed by atoms with E-state index in [0.29, 0.717) is 0 Å². The molecule has 0 N–H and O–H groups in total. The van der Waals surface area contributed by atoms with E-state index in [0.717, 1.165) is 29.2 Å². The van der Waals surface area contributed by atoms with Crippen molar-refractivity contribution in [3.63, 3.8) is 0 Å². The first-order valence-electron chi connectivity index (χ1n) is 7.97. The van der Waals surface area contributed by atoms with Crippen LogP contribution in [0.1, 0.15) is 5.56 Å². The first-order chi connectivity index (χ1) is 11.9. The zero-order valence-electron chi connectivity index (χ0n) is 13.2. The molecule has 0 aliphatic carbocycles. The van der Waals surface area contributed by atoms with Crippen molar-refractivity contribution in [2.75, 3.05) is 0 Å². The molecule has 2 aromatic carbocycles. The van der Waals surface area contributed by atoms with Crippen molar-refractivity contribution in [1.29, 1.82) is 0 Å². The van der Waals surface area contributed by atoms with Crippen LogP contribution in [0.4, 0.5) is 0 Å². The zero-order chi connectivity index (χ0) is 16.2. The van der Waals surface area contributed by atoms with Gasteiger partial charge in [-0.2, -0.15) is 0 Å². The maximum Gasteiger partial charge on any atom is 0.140 e. The lowest BCUT2D eigenvalue weighted by atomic mass is 10.2. The molecule has 2 heterocycles. The first kappa shape index (κ1) is 14.4. The lowest BCUT2D eigenvalue weighted by Crippen LogP contribution is -2.00. The minimum Gasteiger partial charge on any atom is -0.326 e. The molecule has 3 nitrogen and oxygen atoms in total. The molecular formula is C21H17N3. The van der Waals surface area contributed by atoms with Crippen LogP contribution in [0.15, 0.2) is 91.4 Å². The van der Waals surface area contributed by atoms with Crippen LogP contribution in [0, 0.1) is 0 Å². The van der Waals surface area contributed by atoms with Crippen LogP contribution in [0.2, 0.25) is 0 Å². The van der Waals surface area contributed by atoms with Gasteiger partial charge in [-0.3, -0.25) is 4.98 Å². The average molecular weight is 311 g/mol. The van der Waals surface area contributed by atoms with Crippen LogP contribution in [0.3, 0.4) is 0 Å². The summed E-state index contributed by atoms with van der Waals surface area (Å²) in [4.78, 5) is 9.08. The normalized spacial score (nSPS) is 10.7. The Kier molecular flexibility index (Phi) is 3.90. The number of pyridine rings is 1. The summed E-state index contributed by atoms with van der Waals surface area (Å²) in [6.45, 7) is 0.790. The fraction of sp³-hybridized carbons (Fsp3) is 0.0476. The second-order valence-corrected chi connectivity index (χ2v) is 5.67. The lowest BCUT2D eigenvalue weighted by molar-refractivity contribution is 0.807. The third kappa shape index (κ3) is 2.97. The predicted molar refractivity (Wildman–Crippen MR) is 96.4 cm³/mol. The Morgan fingerprint density at radius 1 is 0.750 bits per heavy atom. The van der Waals surface area contributed by atoms with Crippen LogP contribution in [-0.2, 0) is 6.54 Å². The summed E-state index contributed by atoms with van der Waals surface area (Å²) in [6.07, 6.45) is 5.74. The summed E-state index contributed by atoms with van der Waals surface area (Å²) < 4.78 is 2.20. The molecule has 4 rings (SSSR count). The smallest absolute Gasteiger partial charge is 0.140 e. The topological polar surface area (TPSA) is 30.7 Å². The Hall–Kier alpha value is -3.20. The van der Waals surface area contributed by atoms with Crippen molar-refractivity contribution in [3.05, 3.63) is 97.0 Å². The number of aromatic nitrogens is 3. The Morgan fingerprint density at radius 3 is 2.17 bits per heavy atom. The van der Waals surface area contributed by atoms with Gasteiger partial charge in [-0.25, -0.2) is 4.98 Å². The molecule has 24 heavy (non-hydrogen) atoms. The molecule has 0 spiro atoms. The van der Waals surface area contributed by atoms with Gasteiger partial charge in [0, 0.05) is 36.3 Å². The van der Waals surface area contributed by atoms with Crippen molar-refractivity contribution in [2.24, 2.45) is 0 Å². The largest absolute Gasteiger partial charge is 0.326 e. The number of rotatable bonds is 4. The maximum atomic E-state index is 4.87. The molecule has 0 saturated carbocycles. The van der Waals surface area contributed by atoms with E-state index in [9.17, 15) is 0 Å². The molecular weight excluding hydrogens is 294 g/mol. The van der Waals surface area contributed by atoms with Crippen molar-refractivity contribution >= 4 is 0 Å². The van der Waals surface area contributed by atoms with E-state index < -0.39 is 0 Å². The van der Waals surface area contributed by atoms with Crippen LogP contribution in [-0.4, -0.2) is 14.5 Å². The average Bonchev–Trinajstić information content (AvgIpc) is 3.08. The highest BCUT2D eigenvalue weighted by molar-refractivity contribution is 5.64. The van der Waals surface area contributed by atoms with E-state index in [1.54, 1.807) is 6.20 Å². The SMILES string of the molecule is c1ccc(Cn2cc(-c3cccnc3)nc2-c2ccccc2)cc1. The Morgan fingerprint density at radius 2 is 1.46 bits per heavy atom. The summed E-state index contributed by atoms with van der Waals surface area (Å²) >= 11 is 0. The van der Waals surface area contributed by atoms with Gasteiger partial charge in [0.1, 0.15) is 5.82 Å². The van der Waals surface area contributed by atoms with Gasteiger partial charge in [-0.1, -0.05) is 60.7 Å². The molecule has 0 radical (unpaired) electrons. The molecule has 2 aromatic heterocycles. The van der Waals surface area contributed by atoms with Crippen LogP contribution >= 0.6 is 0 Å². The van der Waals surface area contributed by atoms with Crippen LogP contribution in [0.25, 0.3) is 22.6 Å². The summed E-state index contributed by atoms with van der Waals surface area (Å²) in [5, 5.41) is 0. The summed E-state index contributed by atoms with van der Waals surface area (Å²) in [5.74, 6) is 0.971. The second-order valence-electron chi connectivity index (χ2n) is 5.67. The van der Waals surface area contributed by atoms with Crippen LogP contribution < -0.4 is 0 Å². The molecule has 4 aromatic rings. The van der Waals surface area contributed by atoms with Gasteiger partial charge in [0.25, 0.3) is 0 Å². The third-order valence-electron chi connectivity index (χ3n) is 3.96. The highest BCUT2D eigenvalue weighted by Crippen LogP contribution is 2.25. The molecule has 0 atom stereocenters.